The second-order valence-corrected chi connectivity index (χ2v) is 6.12. The largest absolute Gasteiger partial charge is 0.376 e. The van der Waals surface area contributed by atoms with Crippen molar-refractivity contribution in [1.82, 2.24) is 19.1 Å². The van der Waals surface area contributed by atoms with Crippen LogP contribution in [0, 0.1) is 0 Å². The van der Waals surface area contributed by atoms with Gasteiger partial charge in [0.25, 0.3) is 5.56 Å². The average Bonchev–Trinajstić information content (AvgIpc) is 3.29. The Balaban J connectivity index is 1.81. The van der Waals surface area contributed by atoms with Gasteiger partial charge in [-0.1, -0.05) is 18.2 Å². The van der Waals surface area contributed by atoms with Crippen LogP contribution in [0.3, 0.4) is 0 Å². The van der Waals surface area contributed by atoms with Gasteiger partial charge in [-0.05, 0) is 25.0 Å². The third-order valence-corrected chi connectivity index (χ3v) is 4.43. The van der Waals surface area contributed by atoms with Crippen molar-refractivity contribution in [1.29, 1.82) is 0 Å². The standard InChI is InChI=1S/C17H19N5O3/c1-21-15(23)13-14(22(17(21)24)11-6-3-2-4-7-11)20-16(19-13)18-10-12-8-5-9-25-12/h2-4,6-7,12H,5,8-10H2,1H3,(H2,18,19,20)/t12-/m1/s1. The molecule has 0 unspecified atom stereocenters. The summed E-state index contributed by atoms with van der Waals surface area (Å²) < 4.78 is 8.09. The highest BCUT2D eigenvalue weighted by Gasteiger charge is 2.19. The number of anilines is 1. The van der Waals surface area contributed by atoms with Crippen LogP contribution in [0.2, 0.25) is 0 Å². The van der Waals surface area contributed by atoms with Gasteiger partial charge in [0, 0.05) is 20.2 Å². The predicted molar refractivity (Wildman–Crippen MR) is 94.4 cm³/mol. The van der Waals surface area contributed by atoms with Gasteiger partial charge in [-0.15, -0.1) is 0 Å². The van der Waals surface area contributed by atoms with Gasteiger partial charge < -0.3 is 15.0 Å². The topological polar surface area (TPSA) is 93.9 Å². The van der Waals surface area contributed by atoms with Gasteiger partial charge in [0.1, 0.15) is 0 Å². The number of fused-ring (bicyclic) bond motifs is 1. The number of aromatic nitrogens is 4. The lowest BCUT2D eigenvalue weighted by Gasteiger charge is -2.09. The normalized spacial score (nSPS) is 17.2. The first-order valence-corrected chi connectivity index (χ1v) is 8.28. The van der Waals surface area contributed by atoms with E-state index in [2.05, 4.69) is 15.3 Å². The van der Waals surface area contributed by atoms with E-state index in [1.54, 1.807) is 12.1 Å². The van der Waals surface area contributed by atoms with Crippen LogP contribution in [0.15, 0.2) is 39.9 Å². The van der Waals surface area contributed by atoms with E-state index >= 15 is 0 Å². The number of hydrogen-bond acceptors (Lipinski definition) is 5. The number of imidazole rings is 1. The molecule has 8 nitrogen and oxygen atoms in total. The molecule has 130 valence electrons. The minimum absolute atomic E-state index is 0.146. The highest BCUT2D eigenvalue weighted by atomic mass is 16.5. The molecule has 1 saturated heterocycles. The summed E-state index contributed by atoms with van der Waals surface area (Å²) in [6.07, 6.45) is 2.21. The molecule has 0 radical (unpaired) electrons. The molecule has 1 aliphatic rings. The molecule has 0 bridgehead atoms. The number of rotatable bonds is 4. The van der Waals surface area contributed by atoms with Gasteiger partial charge in [0.05, 0.1) is 11.8 Å². The Morgan fingerprint density at radius 1 is 1.32 bits per heavy atom. The van der Waals surface area contributed by atoms with Crippen molar-refractivity contribution in [3.8, 4) is 5.69 Å². The van der Waals surface area contributed by atoms with Crippen molar-refractivity contribution >= 4 is 17.1 Å². The number of nitrogens with one attached hydrogen (secondary N) is 2. The van der Waals surface area contributed by atoms with Crippen molar-refractivity contribution in [2.75, 3.05) is 18.5 Å². The van der Waals surface area contributed by atoms with E-state index in [1.807, 2.05) is 18.2 Å². The van der Waals surface area contributed by atoms with E-state index in [1.165, 1.54) is 11.6 Å². The van der Waals surface area contributed by atoms with Crippen LogP contribution in [0.4, 0.5) is 5.95 Å². The van der Waals surface area contributed by atoms with Crippen molar-refractivity contribution in [3.63, 3.8) is 0 Å². The maximum Gasteiger partial charge on any atom is 0.337 e. The molecule has 1 aromatic carbocycles. The molecule has 3 heterocycles. The maximum absolute atomic E-state index is 12.6. The van der Waals surface area contributed by atoms with E-state index in [0.29, 0.717) is 29.3 Å². The molecule has 25 heavy (non-hydrogen) atoms. The Bertz CT molecular complexity index is 1010. The van der Waals surface area contributed by atoms with Crippen LogP contribution >= 0.6 is 0 Å². The molecule has 0 saturated carbocycles. The van der Waals surface area contributed by atoms with Crippen LogP contribution in [0.5, 0.6) is 0 Å². The zero-order valence-electron chi connectivity index (χ0n) is 13.9. The lowest BCUT2D eigenvalue weighted by molar-refractivity contribution is 0.120. The van der Waals surface area contributed by atoms with Crippen LogP contribution < -0.4 is 16.6 Å². The summed E-state index contributed by atoms with van der Waals surface area (Å²) in [5, 5.41) is 3.17. The zero-order chi connectivity index (χ0) is 17.4. The maximum atomic E-state index is 12.6. The van der Waals surface area contributed by atoms with Gasteiger partial charge in [0.15, 0.2) is 11.2 Å². The fourth-order valence-corrected chi connectivity index (χ4v) is 3.08. The molecule has 4 rings (SSSR count). The Kier molecular flexibility index (Phi) is 3.89. The molecule has 1 fully saturated rings. The van der Waals surface area contributed by atoms with E-state index in [9.17, 15) is 9.59 Å². The third kappa shape index (κ3) is 2.74. The quantitative estimate of drug-likeness (QED) is 0.738. The SMILES string of the molecule is Cn1c(=O)c2[nH]c(NC[C@H]3CCCO3)nc2n(-c2ccccc2)c1=O. The predicted octanol–water partition coefficient (Wildman–Crippen LogP) is 1.00. The van der Waals surface area contributed by atoms with Crippen LogP contribution in [0.25, 0.3) is 16.9 Å². The number of H-pyrrole nitrogens is 1. The van der Waals surface area contributed by atoms with Gasteiger partial charge in [-0.3, -0.25) is 9.36 Å². The van der Waals surface area contributed by atoms with Crippen LogP contribution in [-0.4, -0.2) is 38.4 Å². The summed E-state index contributed by atoms with van der Waals surface area (Å²) in [6, 6.07) is 9.15. The molecule has 3 aromatic rings. The summed E-state index contributed by atoms with van der Waals surface area (Å²) in [4.78, 5) is 32.5. The number of hydrogen-bond donors (Lipinski definition) is 2. The van der Waals surface area contributed by atoms with E-state index in [0.717, 1.165) is 24.0 Å². The van der Waals surface area contributed by atoms with E-state index < -0.39 is 11.2 Å². The Morgan fingerprint density at radius 2 is 2.12 bits per heavy atom. The Labute approximate surface area is 143 Å². The lowest BCUT2D eigenvalue weighted by atomic mass is 10.2. The highest BCUT2D eigenvalue weighted by molar-refractivity contribution is 5.74. The van der Waals surface area contributed by atoms with E-state index in [-0.39, 0.29) is 6.10 Å². The molecular weight excluding hydrogens is 322 g/mol. The molecule has 0 amide bonds. The summed E-state index contributed by atoms with van der Waals surface area (Å²) in [7, 11) is 1.46. The Hall–Kier alpha value is -2.87. The molecule has 1 aliphatic heterocycles. The van der Waals surface area contributed by atoms with Crippen molar-refractivity contribution < 1.29 is 4.74 Å². The van der Waals surface area contributed by atoms with Crippen LogP contribution in [-0.2, 0) is 11.8 Å². The minimum Gasteiger partial charge on any atom is -0.376 e. The molecule has 1 atom stereocenters. The smallest absolute Gasteiger partial charge is 0.337 e. The molecule has 8 heteroatoms. The fourth-order valence-electron chi connectivity index (χ4n) is 3.08. The molecule has 0 spiro atoms. The first kappa shape index (κ1) is 15.6. The van der Waals surface area contributed by atoms with Gasteiger partial charge in [-0.2, -0.15) is 4.98 Å². The summed E-state index contributed by atoms with van der Waals surface area (Å²) >= 11 is 0. The molecule has 2 aromatic heterocycles. The number of aromatic amines is 1. The van der Waals surface area contributed by atoms with Crippen molar-refractivity contribution in [2.45, 2.75) is 18.9 Å². The van der Waals surface area contributed by atoms with E-state index in [4.69, 9.17) is 4.74 Å². The second kappa shape index (κ2) is 6.21. The fraction of sp³-hybridized carbons (Fsp3) is 0.353. The number of benzene rings is 1. The van der Waals surface area contributed by atoms with Crippen LogP contribution in [0.1, 0.15) is 12.8 Å². The monoisotopic (exact) mass is 341 g/mol. The summed E-state index contributed by atoms with van der Waals surface area (Å²) in [6.45, 7) is 1.39. The molecular formula is C17H19N5O3. The molecule has 2 N–H and O–H groups in total. The van der Waals surface area contributed by atoms with Gasteiger partial charge in [0.2, 0.25) is 5.95 Å². The Morgan fingerprint density at radius 3 is 2.84 bits per heavy atom. The van der Waals surface area contributed by atoms with Crippen molar-refractivity contribution in [2.24, 2.45) is 7.05 Å². The summed E-state index contributed by atoms with van der Waals surface area (Å²) in [5.74, 6) is 0.456. The number of para-hydroxylation sites is 1. The third-order valence-electron chi connectivity index (χ3n) is 4.43. The average molecular weight is 341 g/mol. The first-order chi connectivity index (χ1) is 12.1. The second-order valence-electron chi connectivity index (χ2n) is 6.12. The number of nitrogens with zero attached hydrogens (tertiary/aromatic N) is 3. The first-order valence-electron chi connectivity index (χ1n) is 8.28. The lowest BCUT2D eigenvalue weighted by Crippen LogP contribution is -2.37. The van der Waals surface area contributed by atoms with Crippen molar-refractivity contribution in [3.05, 3.63) is 51.2 Å². The summed E-state index contributed by atoms with van der Waals surface area (Å²) in [5.41, 5.74) is 0.436. The highest BCUT2D eigenvalue weighted by Crippen LogP contribution is 2.16. The minimum atomic E-state index is -0.430. The molecule has 0 aliphatic carbocycles. The zero-order valence-corrected chi connectivity index (χ0v) is 13.9. The van der Waals surface area contributed by atoms with Gasteiger partial charge in [-0.25, -0.2) is 9.36 Å². The number of ether oxygens (including phenoxy) is 1. The van der Waals surface area contributed by atoms with Gasteiger partial charge >= 0.3 is 5.69 Å².